The number of aromatic nitrogens is 2. The zero-order chi connectivity index (χ0) is 21.5. The Labute approximate surface area is 173 Å². The Kier molecular flexibility index (Phi) is 7.31. The van der Waals surface area contributed by atoms with Gasteiger partial charge in [-0.15, -0.1) is 0 Å². The third kappa shape index (κ3) is 5.98. The van der Waals surface area contributed by atoms with Gasteiger partial charge < -0.3 is 15.5 Å². The zero-order valence-corrected chi connectivity index (χ0v) is 16.6. The number of amides is 2. The molecule has 1 aliphatic carbocycles. The van der Waals surface area contributed by atoms with Crippen molar-refractivity contribution in [2.24, 2.45) is 0 Å². The number of carbonyl (C=O) groups is 2. The quantitative estimate of drug-likeness (QED) is 0.413. The van der Waals surface area contributed by atoms with Crippen LogP contribution < -0.4 is 16.2 Å². The van der Waals surface area contributed by atoms with Gasteiger partial charge in [0, 0.05) is 25.6 Å². The molecule has 0 aliphatic heterocycles. The predicted molar refractivity (Wildman–Crippen MR) is 110 cm³/mol. The van der Waals surface area contributed by atoms with Crippen LogP contribution in [0.5, 0.6) is 0 Å². The Morgan fingerprint density at radius 2 is 2.00 bits per heavy atom. The van der Waals surface area contributed by atoms with Crippen molar-refractivity contribution in [3.05, 3.63) is 57.5 Å². The van der Waals surface area contributed by atoms with Crippen LogP contribution in [-0.2, 0) is 11.3 Å². The molecular weight excluding hydrogens is 388 g/mol. The van der Waals surface area contributed by atoms with E-state index in [1.165, 1.54) is 31.2 Å². The molecule has 0 saturated heterocycles. The highest BCUT2D eigenvalue weighted by Gasteiger charge is 2.17. The molecule has 30 heavy (non-hydrogen) atoms. The van der Waals surface area contributed by atoms with Gasteiger partial charge in [-0.25, -0.2) is 4.98 Å². The summed E-state index contributed by atoms with van der Waals surface area (Å²) >= 11 is 0. The monoisotopic (exact) mass is 414 g/mol. The van der Waals surface area contributed by atoms with Gasteiger partial charge in [-0.1, -0.05) is 37.1 Å². The largest absolute Gasteiger partial charge is 0.368 e. The lowest BCUT2D eigenvalue weighted by molar-refractivity contribution is -0.118. The molecule has 1 fully saturated rings. The summed E-state index contributed by atoms with van der Waals surface area (Å²) in [6.07, 6.45) is 4.11. The van der Waals surface area contributed by atoms with Crippen LogP contribution >= 0.6 is 0 Å². The van der Waals surface area contributed by atoms with Gasteiger partial charge in [0.05, 0.1) is 0 Å². The van der Waals surface area contributed by atoms with Gasteiger partial charge in [0.1, 0.15) is 5.56 Å². The maximum absolute atomic E-state index is 12.4. The fraction of sp³-hybridized carbons (Fsp3) is 0.429. The topological polar surface area (TPSA) is 144 Å². The Morgan fingerprint density at radius 3 is 2.70 bits per heavy atom. The lowest BCUT2D eigenvalue weighted by atomic mass is 9.96. The van der Waals surface area contributed by atoms with Crippen molar-refractivity contribution in [2.75, 3.05) is 5.32 Å². The number of hydrogen-bond donors (Lipinski definition) is 5. The van der Waals surface area contributed by atoms with E-state index in [4.69, 9.17) is 10.2 Å². The van der Waals surface area contributed by atoms with Gasteiger partial charge in [0.15, 0.2) is 6.29 Å². The smallest absolute Gasteiger partial charge is 0.265 e. The molecule has 1 saturated carbocycles. The highest BCUT2D eigenvalue weighted by Crippen LogP contribution is 2.34. The first-order valence-electron chi connectivity index (χ1n) is 10.0. The number of nitrogens with zero attached hydrogens (tertiary/aromatic N) is 1. The van der Waals surface area contributed by atoms with Gasteiger partial charge in [0.2, 0.25) is 11.9 Å². The number of H-pyrrole nitrogens is 1. The van der Waals surface area contributed by atoms with Crippen LogP contribution in [0, 0.1) is 0 Å². The van der Waals surface area contributed by atoms with Crippen LogP contribution in [0.25, 0.3) is 0 Å². The van der Waals surface area contributed by atoms with Crippen LogP contribution in [0.4, 0.5) is 5.95 Å². The second-order valence-corrected chi connectivity index (χ2v) is 7.45. The van der Waals surface area contributed by atoms with Gasteiger partial charge in [0.25, 0.3) is 11.5 Å². The molecule has 2 amide bonds. The first-order valence-corrected chi connectivity index (χ1v) is 10.0. The van der Waals surface area contributed by atoms with Crippen LogP contribution in [0.1, 0.15) is 65.9 Å². The number of carbonyl (C=O) groups excluding carboxylic acids is 2. The Morgan fingerprint density at radius 1 is 1.23 bits per heavy atom. The van der Waals surface area contributed by atoms with Gasteiger partial charge in [-0.3, -0.25) is 24.7 Å². The van der Waals surface area contributed by atoms with Crippen molar-refractivity contribution in [3.8, 4) is 0 Å². The van der Waals surface area contributed by atoms with E-state index in [0.29, 0.717) is 12.5 Å². The number of aromatic amines is 1. The van der Waals surface area contributed by atoms with E-state index in [1.807, 2.05) is 12.1 Å². The first kappa shape index (κ1) is 21.7. The van der Waals surface area contributed by atoms with Crippen molar-refractivity contribution >= 4 is 17.8 Å². The molecule has 3 rings (SSSR count). The summed E-state index contributed by atoms with van der Waals surface area (Å²) in [5.74, 6) is -0.628. The molecule has 5 N–H and O–H groups in total. The van der Waals surface area contributed by atoms with E-state index in [-0.39, 0.29) is 24.4 Å². The highest BCUT2D eigenvalue weighted by molar-refractivity contribution is 5.94. The number of rotatable bonds is 8. The molecule has 2 aromatic rings. The SMILES string of the molecule is O=C(CCC(O)O)Nc1ncc(C(=O)NCc2cccc(C3CCCC3)c2)c(=O)[nH]1. The summed E-state index contributed by atoms with van der Waals surface area (Å²) in [5, 5.41) is 22.6. The van der Waals surface area contributed by atoms with Crippen molar-refractivity contribution in [1.82, 2.24) is 15.3 Å². The van der Waals surface area contributed by atoms with Crippen LogP contribution in [0.2, 0.25) is 0 Å². The molecule has 1 aromatic heterocycles. The second-order valence-electron chi connectivity index (χ2n) is 7.45. The number of aliphatic hydroxyl groups excluding tert-OH is 1. The van der Waals surface area contributed by atoms with Crippen LogP contribution in [0.3, 0.4) is 0 Å². The third-order valence-electron chi connectivity index (χ3n) is 5.16. The van der Waals surface area contributed by atoms with Crippen LogP contribution in [-0.4, -0.2) is 38.3 Å². The number of nitrogens with one attached hydrogen (secondary N) is 3. The fourth-order valence-electron chi connectivity index (χ4n) is 3.57. The molecule has 0 spiro atoms. The molecule has 1 heterocycles. The molecule has 1 aromatic carbocycles. The first-order chi connectivity index (χ1) is 14.4. The van der Waals surface area contributed by atoms with E-state index in [1.54, 1.807) is 0 Å². The molecular formula is C21H26N4O5. The fourth-order valence-corrected chi connectivity index (χ4v) is 3.57. The Balaban J connectivity index is 1.57. The van der Waals surface area contributed by atoms with Gasteiger partial charge in [-0.2, -0.15) is 0 Å². The molecule has 9 heteroatoms. The molecule has 160 valence electrons. The zero-order valence-electron chi connectivity index (χ0n) is 16.6. The molecule has 1 aliphatic rings. The minimum absolute atomic E-state index is 0.113. The number of anilines is 1. The summed E-state index contributed by atoms with van der Waals surface area (Å²) in [6, 6.07) is 8.13. The molecule has 9 nitrogen and oxygen atoms in total. The minimum atomic E-state index is -1.59. The van der Waals surface area contributed by atoms with E-state index < -0.39 is 23.7 Å². The van der Waals surface area contributed by atoms with Gasteiger partial charge in [-0.05, 0) is 29.9 Å². The third-order valence-corrected chi connectivity index (χ3v) is 5.16. The molecule has 0 bridgehead atoms. The summed E-state index contributed by atoms with van der Waals surface area (Å²) in [4.78, 5) is 42.4. The normalized spacial score (nSPS) is 14.1. The maximum atomic E-state index is 12.4. The van der Waals surface area contributed by atoms with Crippen molar-refractivity contribution < 1.29 is 19.8 Å². The Hall–Kier alpha value is -3.04. The average molecular weight is 414 g/mol. The lowest BCUT2D eigenvalue weighted by Crippen LogP contribution is -2.30. The average Bonchev–Trinajstić information content (AvgIpc) is 3.26. The lowest BCUT2D eigenvalue weighted by Gasteiger charge is -2.12. The van der Waals surface area contributed by atoms with Crippen LogP contribution in [0.15, 0.2) is 35.3 Å². The molecule has 0 radical (unpaired) electrons. The summed E-state index contributed by atoms with van der Waals surface area (Å²) in [5.41, 5.74) is 1.41. The Bertz CT molecular complexity index is 950. The van der Waals surface area contributed by atoms with Crippen molar-refractivity contribution in [3.63, 3.8) is 0 Å². The summed E-state index contributed by atoms with van der Waals surface area (Å²) in [6.45, 7) is 0.292. The second kappa shape index (κ2) is 10.1. The molecule has 0 atom stereocenters. The standard InChI is InChI=1S/C21H26N4O5/c26-17(8-9-18(27)28)24-21-23-12-16(20(30)25-21)19(29)22-11-13-4-3-7-15(10-13)14-5-1-2-6-14/h3-4,7,10,12,14,18,27-28H,1-2,5-6,8-9,11H2,(H,22,29)(H2,23,24,25,26,30). The number of hydrogen-bond acceptors (Lipinski definition) is 6. The van der Waals surface area contributed by atoms with E-state index in [2.05, 4.69) is 32.7 Å². The summed E-state index contributed by atoms with van der Waals surface area (Å²) in [7, 11) is 0. The summed E-state index contributed by atoms with van der Waals surface area (Å²) < 4.78 is 0. The highest BCUT2D eigenvalue weighted by atomic mass is 16.5. The van der Waals surface area contributed by atoms with E-state index in [9.17, 15) is 14.4 Å². The van der Waals surface area contributed by atoms with E-state index >= 15 is 0 Å². The van der Waals surface area contributed by atoms with Crippen molar-refractivity contribution in [1.29, 1.82) is 0 Å². The number of aliphatic hydroxyl groups is 2. The molecule has 0 unspecified atom stereocenters. The van der Waals surface area contributed by atoms with E-state index in [0.717, 1.165) is 11.8 Å². The number of benzene rings is 1. The minimum Gasteiger partial charge on any atom is -0.368 e. The van der Waals surface area contributed by atoms with Crippen molar-refractivity contribution in [2.45, 2.75) is 57.3 Å². The van der Waals surface area contributed by atoms with Gasteiger partial charge >= 0.3 is 0 Å². The predicted octanol–water partition coefficient (Wildman–Crippen LogP) is 1.39. The maximum Gasteiger partial charge on any atom is 0.265 e.